The first-order valence-corrected chi connectivity index (χ1v) is 3.82. The molecule has 1 aliphatic rings. The van der Waals surface area contributed by atoms with E-state index in [2.05, 4.69) is 11.1 Å². The number of nitriles is 1. The normalized spacial score (nSPS) is 30.3. The van der Waals surface area contributed by atoms with Gasteiger partial charge in [-0.3, -0.25) is 9.89 Å². The van der Waals surface area contributed by atoms with Gasteiger partial charge in [0.05, 0.1) is 12.1 Å². The Balaban J connectivity index is 2.56. The van der Waals surface area contributed by atoms with Gasteiger partial charge < -0.3 is 0 Å². The minimum Gasteiger partial charge on any atom is -0.296 e. The Morgan fingerprint density at radius 2 is 2.45 bits per heavy atom. The zero-order valence-corrected chi connectivity index (χ0v) is 7.04. The molecule has 1 atom stereocenters. The van der Waals surface area contributed by atoms with Gasteiger partial charge in [-0.05, 0) is 19.9 Å². The van der Waals surface area contributed by atoms with E-state index in [1.165, 1.54) is 5.71 Å². The third kappa shape index (κ3) is 1.78. The molecule has 1 rings (SSSR count). The molecule has 0 aromatic rings. The largest absolute Gasteiger partial charge is 0.296 e. The van der Waals surface area contributed by atoms with Crippen molar-refractivity contribution in [1.82, 2.24) is 4.90 Å². The molecule has 1 saturated heterocycles. The van der Waals surface area contributed by atoms with Gasteiger partial charge >= 0.3 is 0 Å². The van der Waals surface area contributed by atoms with E-state index in [9.17, 15) is 0 Å². The molecular weight excluding hydrogens is 138 g/mol. The van der Waals surface area contributed by atoms with Crippen molar-refractivity contribution in [3.05, 3.63) is 0 Å². The van der Waals surface area contributed by atoms with Gasteiger partial charge in [0.2, 0.25) is 0 Å². The Morgan fingerprint density at radius 1 is 1.73 bits per heavy atom. The first-order chi connectivity index (χ1) is 5.27. The lowest BCUT2D eigenvalue weighted by atomic mass is 10.0. The lowest BCUT2D eigenvalue weighted by molar-refractivity contribution is 0.295. The highest BCUT2D eigenvalue weighted by Crippen LogP contribution is 2.12. The highest BCUT2D eigenvalue weighted by Gasteiger charge is 2.21. The average Bonchev–Trinajstić information content (AvgIpc) is 2.04. The summed E-state index contributed by atoms with van der Waals surface area (Å²) < 4.78 is 0. The second kappa shape index (κ2) is 3.49. The fourth-order valence-electron chi connectivity index (χ4n) is 1.35. The summed E-state index contributed by atoms with van der Waals surface area (Å²) in [6.07, 6.45) is 1.92. The van der Waals surface area contributed by atoms with E-state index < -0.39 is 0 Å². The Labute approximate surface area is 67.3 Å². The predicted molar refractivity (Wildman–Crippen MR) is 44.6 cm³/mol. The molecule has 1 aliphatic heterocycles. The van der Waals surface area contributed by atoms with Crippen molar-refractivity contribution in [2.45, 2.75) is 18.9 Å². The van der Waals surface area contributed by atoms with Gasteiger partial charge in [0.25, 0.3) is 0 Å². The van der Waals surface area contributed by atoms with Gasteiger partial charge in [-0.15, -0.1) is 0 Å². The minimum absolute atomic E-state index is 0.0977. The van der Waals surface area contributed by atoms with E-state index in [-0.39, 0.29) is 6.04 Å². The van der Waals surface area contributed by atoms with Gasteiger partial charge in [-0.1, -0.05) is 0 Å². The molecular formula is C8H13N3. The molecule has 0 aromatic heterocycles. The maximum atomic E-state index is 8.69. The number of likely N-dealkylation sites (tertiary alicyclic amines) is 1. The summed E-state index contributed by atoms with van der Waals surface area (Å²) in [7, 11) is 3.79. The Hall–Kier alpha value is -0.880. The van der Waals surface area contributed by atoms with E-state index in [4.69, 9.17) is 5.26 Å². The minimum atomic E-state index is 0.0977. The Bertz CT molecular complexity index is 202. The summed E-state index contributed by atoms with van der Waals surface area (Å²) >= 11 is 0. The lowest BCUT2D eigenvalue weighted by Gasteiger charge is -2.28. The van der Waals surface area contributed by atoms with Crippen LogP contribution in [0, 0.1) is 11.3 Å². The number of piperidine rings is 1. The van der Waals surface area contributed by atoms with Crippen LogP contribution in [-0.4, -0.2) is 37.3 Å². The molecule has 60 valence electrons. The van der Waals surface area contributed by atoms with Gasteiger partial charge in [-0.2, -0.15) is 5.26 Å². The number of rotatable bonds is 0. The smallest absolute Gasteiger partial charge is 0.0982 e. The van der Waals surface area contributed by atoms with Crippen LogP contribution in [0.15, 0.2) is 4.99 Å². The third-order valence-electron chi connectivity index (χ3n) is 2.14. The molecule has 1 fully saturated rings. The van der Waals surface area contributed by atoms with Gasteiger partial charge in [0.15, 0.2) is 0 Å². The van der Waals surface area contributed by atoms with Gasteiger partial charge in [-0.25, -0.2) is 0 Å². The number of nitrogens with zero attached hydrogens (tertiary/aromatic N) is 3. The van der Waals surface area contributed by atoms with Crippen molar-refractivity contribution in [1.29, 1.82) is 5.26 Å². The molecule has 3 nitrogen and oxygen atoms in total. The maximum Gasteiger partial charge on any atom is 0.0982 e. The molecule has 0 amide bonds. The van der Waals surface area contributed by atoms with Crippen molar-refractivity contribution >= 4 is 5.71 Å². The highest BCUT2D eigenvalue weighted by molar-refractivity contribution is 5.87. The average molecular weight is 151 g/mol. The molecule has 3 heteroatoms. The Kier molecular flexibility index (Phi) is 2.61. The van der Waals surface area contributed by atoms with Crippen LogP contribution in [0.2, 0.25) is 0 Å². The monoisotopic (exact) mass is 151 g/mol. The van der Waals surface area contributed by atoms with Crippen LogP contribution in [0.25, 0.3) is 0 Å². The number of aliphatic imine (C=N–C) groups is 1. The molecule has 1 unspecified atom stereocenters. The third-order valence-corrected chi connectivity index (χ3v) is 2.14. The zero-order chi connectivity index (χ0) is 8.27. The van der Waals surface area contributed by atoms with Crippen molar-refractivity contribution < 1.29 is 0 Å². The molecule has 0 N–H and O–H groups in total. The van der Waals surface area contributed by atoms with Crippen LogP contribution in [0.5, 0.6) is 0 Å². The summed E-state index contributed by atoms with van der Waals surface area (Å²) in [5, 5.41) is 8.69. The fourth-order valence-corrected chi connectivity index (χ4v) is 1.35. The van der Waals surface area contributed by atoms with E-state index in [1.807, 2.05) is 19.0 Å². The van der Waals surface area contributed by atoms with Gasteiger partial charge in [0, 0.05) is 19.3 Å². The topological polar surface area (TPSA) is 39.4 Å². The first kappa shape index (κ1) is 8.22. The first-order valence-electron chi connectivity index (χ1n) is 3.82. The van der Waals surface area contributed by atoms with Gasteiger partial charge in [0.1, 0.15) is 0 Å². The highest BCUT2D eigenvalue weighted by atomic mass is 15.1. The second-order valence-corrected chi connectivity index (χ2v) is 2.89. The van der Waals surface area contributed by atoms with Crippen molar-refractivity contribution in [3.8, 4) is 6.07 Å². The summed E-state index contributed by atoms with van der Waals surface area (Å²) in [6, 6.07) is 2.37. The van der Waals surface area contributed by atoms with Crippen molar-refractivity contribution in [2.75, 3.05) is 20.6 Å². The summed E-state index contributed by atoms with van der Waals surface area (Å²) in [4.78, 5) is 6.18. The van der Waals surface area contributed by atoms with Crippen LogP contribution in [0.3, 0.4) is 0 Å². The van der Waals surface area contributed by atoms with Crippen LogP contribution in [-0.2, 0) is 0 Å². The van der Waals surface area contributed by atoms with Crippen LogP contribution >= 0.6 is 0 Å². The van der Waals surface area contributed by atoms with Crippen LogP contribution in [0.1, 0.15) is 12.8 Å². The van der Waals surface area contributed by atoms with E-state index in [0.29, 0.717) is 0 Å². The predicted octanol–water partition coefficient (Wildman–Crippen LogP) is 0.675. The van der Waals surface area contributed by atoms with Crippen LogP contribution in [0.4, 0.5) is 0 Å². The second-order valence-electron chi connectivity index (χ2n) is 2.89. The quantitative estimate of drug-likeness (QED) is 0.510. The van der Waals surface area contributed by atoms with Crippen LogP contribution < -0.4 is 0 Å². The van der Waals surface area contributed by atoms with E-state index >= 15 is 0 Å². The molecule has 0 aromatic carbocycles. The van der Waals surface area contributed by atoms with E-state index in [0.717, 1.165) is 19.4 Å². The van der Waals surface area contributed by atoms with Crippen molar-refractivity contribution in [2.24, 2.45) is 4.99 Å². The molecule has 0 radical (unpaired) electrons. The lowest BCUT2D eigenvalue weighted by Crippen LogP contribution is -2.39. The maximum absolute atomic E-state index is 8.69. The molecule has 11 heavy (non-hydrogen) atoms. The standard InChI is InChI=1S/C8H13N3/c1-10-7-3-4-8(5-9)11(2)6-7/h8H,3-4,6H2,1-2H3. The zero-order valence-electron chi connectivity index (χ0n) is 7.04. The molecule has 1 heterocycles. The molecule has 0 bridgehead atoms. The van der Waals surface area contributed by atoms with E-state index in [1.54, 1.807) is 0 Å². The molecule has 0 aliphatic carbocycles. The SMILES string of the molecule is CN=C1CCC(C#N)N(C)C1. The summed E-state index contributed by atoms with van der Waals surface area (Å²) in [6.45, 7) is 0.856. The Morgan fingerprint density at radius 3 is 2.91 bits per heavy atom. The molecule has 0 saturated carbocycles. The number of hydrogen-bond donors (Lipinski definition) is 0. The summed E-state index contributed by atoms with van der Waals surface area (Å²) in [5.41, 5.74) is 1.21. The molecule has 0 spiro atoms. The fraction of sp³-hybridized carbons (Fsp3) is 0.750. The summed E-state index contributed by atoms with van der Waals surface area (Å²) in [5.74, 6) is 0. The van der Waals surface area contributed by atoms with Crippen molar-refractivity contribution in [3.63, 3.8) is 0 Å². The number of hydrogen-bond acceptors (Lipinski definition) is 3.